The molecule has 0 bridgehead atoms. The number of carbonyl (C=O) groups is 3. The largest absolute Gasteiger partial charge is 0.480 e. The highest BCUT2D eigenvalue weighted by atomic mass is 16.5. The van der Waals surface area contributed by atoms with E-state index in [9.17, 15) is 24.7 Å². The van der Waals surface area contributed by atoms with E-state index in [1.165, 1.54) is 0 Å². The lowest BCUT2D eigenvalue weighted by Crippen LogP contribution is -2.49. The fourth-order valence-corrected chi connectivity index (χ4v) is 2.14. The highest BCUT2D eigenvalue weighted by molar-refractivity contribution is 5.94. The van der Waals surface area contributed by atoms with Gasteiger partial charge in [0.2, 0.25) is 0 Å². The molecule has 0 aliphatic heterocycles. The summed E-state index contributed by atoms with van der Waals surface area (Å²) in [5.41, 5.74) is 0.720. The van der Waals surface area contributed by atoms with E-state index in [0.29, 0.717) is 12.3 Å². The molecular weight excluding hydrogens is 312 g/mol. The van der Waals surface area contributed by atoms with E-state index in [0.717, 1.165) is 12.0 Å². The quantitative estimate of drug-likeness (QED) is 0.499. The fourth-order valence-electron chi connectivity index (χ4n) is 2.14. The lowest BCUT2D eigenvalue weighted by molar-refractivity contribution is -0.153. The van der Waals surface area contributed by atoms with Gasteiger partial charge >= 0.3 is 12.0 Å². The van der Waals surface area contributed by atoms with Crippen LogP contribution in [-0.2, 0) is 16.0 Å². The average Bonchev–Trinajstić information content (AvgIpc) is 2.53. The Morgan fingerprint density at radius 3 is 2.33 bits per heavy atom. The second-order valence-corrected chi connectivity index (χ2v) is 6.02. The van der Waals surface area contributed by atoms with Crippen LogP contribution in [0.5, 0.6) is 0 Å². The first kappa shape index (κ1) is 19.6. The molecule has 0 unspecified atom stereocenters. The summed E-state index contributed by atoms with van der Waals surface area (Å²) in [6.07, 6.45) is 1.43. The van der Waals surface area contributed by atoms with Crippen LogP contribution in [0.2, 0.25) is 0 Å². The van der Waals surface area contributed by atoms with Crippen molar-refractivity contribution >= 4 is 17.9 Å². The van der Waals surface area contributed by atoms with Crippen molar-refractivity contribution in [1.29, 1.82) is 0 Å². The van der Waals surface area contributed by atoms with E-state index in [-0.39, 0.29) is 17.9 Å². The van der Waals surface area contributed by atoms with Crippen molar-refractivity contribution in [2.24, 2.45) is 5.92 Å². The van der Waals surface area contributed by atoms with Gasteiger partial charge in [-0.1, -0.05) is 50.6 Å². The van der Waals surface area contributed by atoms with Crippen LogP contribution >= 0.6 is 0 Å². The molecule has 0 spiro atoms. The Labute approximate surface area is 141 Å². The minimum atomic E-state index is -1.24. The molecule has 3 N–H and O–H groups in total. The molecule has 0 saturated heterocycles. The molecule has 0 radical (unpaired) electrons. The monoisotopic (exact) mass is 336 g/mol. The standard InChI is InChI=1S/C17H24N2O5/c1-12(2)7-6-10-15(20)19(24)17(23)18-14(16(21)22)11-13-8-4-3-5-9-13/h3-5,8-9,12,14,24H,6-7,10-11H2,1-2H3,(H,18,23)(H,21,22)/t14-/m0/s1. The highest BCUT2D eigenvalue weighted by Crippen LogP contribution is 2.08. The Balaban J connectivity index is 2.58. The number of hydroxylamine groups is 2. The predicted molar refractivity (Wildman–Crippen MR) is 87.4 cm³/mol. The van der Waals surface area contributed by atoms with E-state index >= 15 is 0 Å². The van der Waals surface area contributed by atoms with Crippen LogP contribution in [0.15, 0.2) is 30.3 Å². The molecule has 1 rings (SSSR count). The SMILES string of the molecule is CC(C)CCCC(=O)N(O)C(=O)N[C@@H](Cc1ccccc1)C(=O)O. The number of benzene rings is 1. The molecular formula is C17H24N2O5. The number of nitrogens with one attached hydrogen (secondary N) is 1. The summed E-state index contributed by atoms with van der Waals surface area (Å²) < 4.78 is 0. The first-order chi connectivity index (χ1) is 11.3. The number of amides is 3. The molecule has 24 heavy (non-hydrogen) atoms. The highest BCUT2D eigenvalue weighted by Gasteiger charge is 2.26. The molecule has 7 heteroatoms. The van der Waals surface area contributed by atoms with Crippen LogP contribution in [0.25, 0.3) is 0 Å². The van der Waals surface area contributed by atoms with Gasteiger partial charge in [-0.3, -0.25) is 10.0 Å². The first-order valence-corrected chi connectivity index (χ1v) is 7.90. The van der Waals surface area contributed by atoms with Crippen molar-refractivity contribution in [2.45, 2.75) is 45.6 Å². The first-order valence-electron chi connectivity index (χ1n) is 7.90. The number of rotatable bonds is 8. The van der Waals surface area contributed by atoms with E-state index in [1.54, 1.807) is 30.3 Å². The maximum absolute atomic E-state index is 11.9. The van der Waals surface area contributed by atoms with Gasteiger partial charge in [0.05, 0.1) is 0 Å². The lowest BCUT2D eigenvalue weighted by Gasteiger charge is -2.19. The Morgan fingerprint density at radius 1 is 1.17 bits per heavy atom. The third-order valence-electron chi connectivity index (χ3n) is 3.48. The second kappa shape index (κ2) is 9.67. The van der Waals surface area contributed by atoms with Gasteiger partial charge in [0.25, 0.3) is 5.91 Å². The van der Waals surface area contributed by atoms with Crippen LogP contribution in [0.1, 0.15) is 38.7 Å². The molecule has 0 aliphatic rings. The summed E-state index contributed by atoms with van der Waals surface area (Å²) in [4.78, 5) is 34.9. The number of hydrogen-bond donors (Lipinski definition) is 3. The van der Waals surface area contributed by atoms with Crippen LogP contribution in [0.4, 0.5) is 4.79 Å². The van der Waals surface area contributed by atoms with Gasteiger partial charge in [0.15, 0.2) is 0 Å². The van der Waals surface area contributed by atoms with Gasteiger partial charge in [0.1, 0.15) is 6.04 Å². The predicted octanol–water partition coefficient (Wildman–Crippen LogP) is 2.44. The minimum absolute atomic E-state index is 0.0263. The average molecular weight is 336 g/mol. The fraction of sp³-hybridized carbons (Fsp3) is 0.471. The second-order valence-electron chi connectivity index (χ2n) is 6.02. The van der Waals surface area contributed by atoms with Gasteiger partial charge in [0, 0.05) is 12.8 Å². The molecule has 0 aromatic heterocycles. The zero-order valence-corrected chi connectivity index (χ0v) is 13.9. The lowest BCUT2D eigenvalue weighted by atomic mass is 10.1. The van der Waals surface area contributed by atoms with Crippen molar-refractivity contribution in [3.05, 3.63) is 35.9 Å². The molecule has 0 fully saturated rings. The molecule has 0 saturated carbocycles. The van der Waals surface area contributed by atoms with Gasteiger partial charge in [-0.15, -0.1) is 5.06 Å². The van der Waals surface area contributed by atoms with Crippen molar-refractivity contribution in [2.75, 3.05) is 0 Å². The molecule has 0 heterocycles. The van der Waals surface area contributed by atoms with Crippen LogP contribution in [0.3, 0.4) is 0 Å². The summed E-state index contributed by atoms with van der Waals surface area (Å²) in [6.45, 7) is 4.02. The number of nitrogens with zero attached hydrogens (tertiary/aromatic N) is 1. The maximum atomic E-state index is 11.9. The van der Waals surface area contributed by atoms with Crippen LogP contribution < -0.4 is 5.32 Å². The Bertz CT molecular complexity index is 559. The van der Waals surface area contributed by atoms with Crippen molar-refractivity contribution in [3.8, 4) is 0 Å². The third-order valence-corrected chi connectivity index (χ3v) is 3.48. The van der Waals surface area contributed by atoms with Crippen LogP contribution in [0, 0.1) is 5.92 Å². The smallest absolute Gasteiger partial charge is 0.349 e. The molecule has 1 aromatic carbocycles. The van der Waals surface area contributed by atoms with E-state index in [4.69, 9.17) is 0 Å². The zero-order valence-electron chi connectivity index (χ0n) is 13.9. The summed E-state index contributed by atoms with van der Waals surface area (Å²) in [5, 5.41) is 21.0. The Kier molecular flexibility index (Phi) is 7.91. The van der Waals surface area contributed by atoms with E-state index in [2.05, 4.69) is 5.32 Å². The summed E-state index contributed by atoms with van der Waals surface area (Å²) in [7, 11) is 0. The molecule has 1 atom stereocenters. The maximum Gasteiger partial charge on any atom is 0.349 e. The number of carbonyl (C=O) groups excluding carboxylic acids is 2. The Hall–Kier alpha value is -2.41. The van der Waals surface area contributed by atoms with Crippen LogP contribution in [-0.4, -0.2) is 39.3 Å². The van der Waals surface area contributed by atoms with Crippen molar-refractivity contribution in [1.82, 2.24) is 10.4 Å². The minimum Gasteiger partial charge on any atom is -0.480 e. The van der Waals surface area contributed by atoms with E-state index in [1.807, 2.05) is 13.8 Å². The van der Waals surface area contributed by atoms with Gasteiger partial charge in [-0.2, -0.15) is 0 Å². The molecule has 0 aliphatic carbocycles. The van der Waals surface area contributed by atoms with Crippen molar-refractivity contribution < 1.29 is 24.7 Å². The number of carboxylic acids is 1. The molecule has 3 amide bonds. The summed E-state index contributed by atoms with van der Waals surface area (Å²) in [6, 6.07) is 6.40. The topological polar surface area (TPSA) is 107 Å². The number of carboxylic acid groups (broad SMARTS) is 1. The van der Waals surface area contributed by atoms with Gasteiger partial charge in [-0.25, -0.2) is 9.59 Å². The van der Waals surface area contributed by atoms with Crippen molar-refractivity contribution in [3.63, 3.8) is 0 Å². The number of imide groups is 1. The third kappa shape index (κ3) is 6.78. The summed E-state index contributed by atoms with van der Waals surface area (Å²) >= 11 is 0. The number of urea groups is 1. The zero-order chi connectivity index (χ0) is 18.1. The van der Waals surface area contributed by atoms with E-state index < -0.39 is 23.9 Å². The van der Waals surface area contributed by atoms with Gasteiger partial charge in [-0.05, 0) is 17.9 Å². The molecule has 1 aromatic rings. The molecule has 132 valence electrons. The Morgan fingerprint density at radius 2 is 1.79 bits per heavy atom. The normalized spacial score (nSPS) is 11.8. The molecule has 7 nitrogen and oxygen atoms in total. The number of hydrogen-bond acceptors (Lipinski definition) is 4. The summed E-state index contributed by atoms with van der Waals surface area (Å²) in [5.74, 6) is -1.58. The number of aliphatic carboxylic acids is 1. The van der Waals surface area contributed by atoms with Gasteiger partial charge < -0.3 is 10.4 Å².